The van der Waals surface area contributed by atoms with Crippen LogP contribution in [0.3, 0.4) is 0 Å². The number of nitrogens with one attached hydrogen (secondary N) is 1. The van der Waals surface area contributed by atoms with Gasteiger partial charge in [0.2, 0.25) is 0 Å². The molecule has 0 amide bonds. The fourth-order valence-corrected chi connectivity index (χ4v) is 1.95. The van der Waals surface area contributed by atoms with Gasteiger partial charge < -0.3 is 5.32 Å². The first-order valence-corrected chi connectivity index (χ1v) is 6.01. The first-order chi connectivity index (χ1) is 8.97. The van der Waals surface area contributed by atoms with E-state index in [0.717, 1.165) is 5.56 Å². The minimum Gasteiger partial charge on any atom is -0.374 e. The van der Waals surface area contributed by atoms with Gasteiger partial charge in [-0.3, -0.25) is 0 Å². The Bertz CT molecular complexity index is 578. The van der Waals surface area contributed by atoms with Crippen LogP contribution in [0.5, 0.6) is 0 Å². The van der Waals surface area contributed by atoms with Gasteiger partial charge in [0.15, 0.2) is 11.6 Å². The predicted octanol–water partition coefficient (Wildman–Crippen LogP) is 4.93. The first-order valence-electron chi connectivity index (χ1n) is 5.64. The first kappa shape index (κ1) is 13.7. The van der Waals surface area contributed by atoms with Gasteiger partial charge in [-0.1, -0.05) is 23.7 Å². The molecule has 1 unspecified atom stereocenters. The van der Waals surface area contributed by atoms with Gasteiger partial charge in [0, 0.05) is 23.2 Å². The molecular weight excluding hydrogens is 275 g/mol. The number of halogens is 4. The highest BCUT2D eigenvalue weighted by Gasteiger charge is 2.14. The van der Waals surface area contributed by atoms with E-state index in [1.54, 1.807) is 31.2 Å². The molecule has 100 valence electrons. The molecule has 2 rings (SSSR count). The molecule has 0 saturated heterocycles. The van der Waals surface area contributed by atoms with Crippen LogP contribution in [0.15, 0.2) is 36.4 Å². The molecule has 0 aromatic heterocycles. The molecular formula is C14H11ClF3N. The van der Waals surface area contributed by atoms with Gasteiger partial charge in [-0.25, -0.2) is 13.2 Å². The Balaban J connectivity index is 2.26. The van der Waals surface area contributed by atoms with Crippen LogP contribution in [-0.2, 0) is 0 Å². The summed E-state index contributed by atoms with van der Waals surface area (Å²) in [6.45, 7) is 1.73. The largest absolute Gasteiger partial charge is 0.374 e. The molecule has 19 heavy (non-hydrogen) atoms. The Hall–Kier alpha value is -1.68. The van der Waals surface area contributed by atoms with Gasteiger partial charge >= 0.3 is 0 Å². The molecule has 0 aliphatic heterocycles. The molecule has 1 N–H and O–H groups in total. The van der Waals surface area contributed by atoms with E-state index in [9.17, 15) is 13.2 Å². The Morgan fingerprint density at radius 1 is 1.05 bits per heavy atom. The average molecular weight is 286 g/mol. The molecule has 0 radical (unpaired) electrons. The molecule has 0 aliphatic rings. The van der Waals surface area contributed by atoms with E-state index in [0.29, 0.717) is 17.2 Å². The minimum absolute atomic E-state index is 0.353. The van der Waals surface area contributed by atoms with Crippen molar-refractivity contribution in [3.8, 4) is 0 Å². The van der Waals surface area contributed by atoms with Crippen molar-refractivity contribution in [2.24, 2.45) is 0 Å². The molecule has 0 bridgehead atoms. The summed E-state index contributed by atoms with van der Waals surface area (Å²) in [6.07, 6.45) is 0. The van der Waals surface area contributed by atoms with Crippen molar-refractivity contribution in [3.63, 3.8) is 0 Å². The summed E-state index contributed by atoms with van der Waals surface area (Å²) in [5.74, 6) is -2.88. The van der Waals surface area contributed by atoms with Crippen LogP contribution in [0.1, 0.15) is 18.5 Å². The second-order valence-corrected chi connectivity index (χ2v) is 4.60. The highest BCUT2D eigenvalue weighted by molar-refractivity contribution is 6.30. The molecule has 0 heterocycles. The van der Waals surface area contributed by atoms with Gasteiger partial charge in [0.25, 0.3) is 0 Å². The Labute approximate surface area is 114 Å². The van der Waals surface area contributed by atoms with Gasteiger partial charge in [-0.05, 0) is 24.6 Å². The molecule has 0 saturated carbocycles. The van der Waals surface area contributed by atoms with Crippen LogP contribution >= 0.6 is 11.6 Å². The van der Waals surface area contributed by atoms with Crippen LogP contribution in [-0.4, -0.2) is 0 Å². The highest BCUT2D eigenvalue weighted by Crippen LogP contribution is 2.26. The zero-order chi connectivity index (χ0) is 14.0. The summed E-state index contributed by atoms with van der Waals surface area (Å²) in [6, 6.07) is 7.82. The molecule has 2 aromatic carbocycles. The van der Waals surface area contributed by atoms with E-state index in [2.05, 4.69) is 5.32 Å². The fourth-order valence-electron chi connectivity index (χ4n) is 1.76. The SMILES string of the molecule is CC(Nc1c(F)cc(F)cc1F)c1cccc(Cl)c1. The van der Waals surface area contributed by atoms with Crippen molar-refractivity contribution in [3.05, 3.63) is 64.4 Å². The van der Waals surface area contributed by atoms with Crippen molar-refractivity contribution in [2.75, 3.05) is 5.32 Å². The minimum atomic E-state index is -0.966. The normalized spacial score (nSPS) is 12.3. The number of anilines is 1. The van der Waals surface area contributed by atoms with Crippen LogP contribution < -0.4 is 5.32 Å². The van der Waals surface area contributed by atoms with Gasteiger partial charge in [-0.2, -0.15) is 0 Å². The molecule has 0 fully saturated rings. The van der Waals surface area contributed by atoms with Crippen molar-refractivity contribution < 1.29 is 13.2 Å². The molecule has 1 atom stereocenters. The molecule has 2 aromatic rings. The second kappa shape index (κ2) is 5.53. The zero-order valence-electron chi connectivity index (χ0n) is 10.1. The van der Waals surface area contributed by atoms with Crippen LogP contribution in [0.4, 0.5) is 18.9 Å². The van der Waals surface area contributed by atoms with E-state index in [1.165, 1.54) is 0 Å². The summed E-state index contributed by atoms with van der Waals surface area (Å²) in [5.41, 5.74) is 0.421. The maximum absolute atomic E-state index is 13.5. The maximum atomic E-state index is 13.5. The lowest BCUT2D eigenvalue weighted by molar-refractivity contribution is 0.545. The van der Waals surface area contributed by atoms with Crippen molar-refractivity contribution in [2.45, 2.75) is 13.0 Å². The number of hydrogen-bond acceptors (Lipinski definition) is 1. The standard InChI is InChI=1S/C14H11ClF3N/c1-8(9-3-2-4-10(15)5-9)19-14-12(17)6-11(16)7-13(14)18/h2-8,19H,1H3. The summed E-state index contributed by atoms with van der Waals surface area (Å²) < 4.78 is 39.8. The maximum Gasteiger partial charge on any atom is 0.152 e. The smallest absolute Gasteiger partial charge is 0.152 e. The summed E-state index contributed by atoms with van der Waals surface area (Å²) in [5, 5.41) is 3.21. The zero-order valence-corrected chi connectivity index (χ0v) is 10.8. The monoisotopic (exact) mass is 285 g/mol. The van der Waals surface area contributed by atoms with Crippen molar-refractivity contribution >= 4 is 17.3 Å². The molecule has 0 aliphatic carbocycles. The van der Waals surface area contributed by atoms with E-state index in [-0.39, 0.29) is 11.7 Å². The number of hydrogen-bond donors (Lipinski definition) is 1. The van der Waals surface area contributed by atoms with Crippen LogP contribution in [0, 0.1) is 17.5 Å². The second-order valence-electron chi connectivity index (χ2n) is 4.17. The highest BCUT2D eigenvalue weighted by atomic mass is 35.5. The Morgan fingerprint density at radius 2 is 1.68 bits per heavy atom. The Morgan fingerprint density at radius 3 is 2.26 bits per heavy atom. The summed E-state index contributed by atoms with van der Waals surface area (Å²) in [4.78, 5) is 0. The van der Waals surface area contributed by atoms with Gasteiger partial charge in [0.05, 0.1) is 0 Å². The van der Waals surface area contributed by atoms with E-state index < -0.39 is 17.5 Å². The lowest BCUT2D eigenvalue weighted by atomic mass is 10.1. The third-order valence-electron chi connectivity index (χ3n) is 2.72. The summed E-state index contributed by atoms with van der Waals surface area (Å²) >= 11 is 5.85. The van der Waals surface area contributed by atoms with Crippen molar-refractivity contribution in [1.82, 2.24) is 0 Å². The van der Waals surface area contributed by atoms with Crippen LogP contribution in [0.25, 0.3) is 0 Å². The topological polar surface area (TPSA) is 12.0 Å². The third kappa shape index (κ3) is 3.20. The van der Waals surface area contributed by atoms with Gasteiger partial charge in [0.1, 0.15) is 11.5 Å². The van der Waals surface area contributed by atoms with Crippen LogP contribution in [0.2, 0.25) is 5.02 Å². The molecule has 1 nitrogen and oxygen atoms in total. The quantitative estimate of drug-likeness (QED) is 0.843. The Kier molecular flexibility index (Phi) is 4.00. The number of benzene rings is 2. The lowest BCUT2D eigenvalue weighted by Gasteiger charge is -2.17. The molecule has 5 heteroatoms. The van der Waals surface area contributed by atoms with E-state index >= 15 is 0 Å². The summed E-state index contributed by atoms with van der Waals surface area (Å²) in [7, 11) is 0. The van der Waals surface area contributed by atoms with E-state index in [4.69, 9.17) is 11.6 Å². The van der Waals surface area contributed by atoms with Crippen molar-refractivity contribution in [1.29, 1.82) is 0 Å². The average Bonchev–Trinajstić information content (AvgIpc) is 2.33. The predicted molar refractivity (Wildman–Crippen MR) is 69.8 cm³/mol. The molecule has 0 spiro atoms. The fraction of sp³-hybridized carbons (Fsp3) is 0.143. The van der Waals surface area contributed by atoms with E-state index in [1.807, 2.05) is 0 Å². The lowest BCUT2D eigenvalue weighted by Crippen LogP contribution is -2.10. The number of rotatable bonds is 3. The van der Waals surface area contributed by atoms with Gasteiger partial charge in [-0.15, -0.1) is 0 Å². The third-order valence-corrected chi connectivity index (χ3v) is 2.95.